The van der Waals surface area contributed by atoms with Crippen LogP contribution in [0, 0.1) is 0 Å². The molecular weight excluding hydrogens is 588 g/mol. The second-order valence-electron chi connectivity index (χ2n) is 9.68. The van der Waals surface area contributed by atoms with E-state index in [0.717, 1.165) is 11.1 Å². The van der Waals surface area contributed by atoms with Crippen molar-refractivity contribution in [2.75, 3.05) is 26.9 Å². The summed E-state index contributed by atoms with van der Waals surface area (Å²) in [7, 11) is 1.53. The summed E-state index contributed by atoms with van der Waals surface area (Å²) < 4.78 is 24.4. The molecular formula is C33H31ClN2O6S. The van der Waals surface area contributed by atoms with Crippen molar-refractivity contribution in [3.63, 3.8) is 0 Å². The lowest BCUT2D eigenvalue weighted by Gasteiger charge is -2.24. The van der Waals surface area contributed by atoms with Gasteiger partial charge in [-0.1, -0.05) is 71.5 Å². The molecule has 1 aliphatic heterocycles. The second kappa shape index (κ2) is 13.9. The molecule has 4 aromatic rings. The van der Waals surface area contributed by atoms with Gasteiger partial charge in [0.1, 0.15) is 13.2 Å². The summed E-state index contributed by atoms with van der Waals surface area (Å²) >= 11 is 7.41. The number of fused-ring (bicyclic) bond motifs is 1. The number of ether oxygens (including phenoxy) is 4. The van der Waals surface area contributed by atoms with Gasteiger partial charge in [-0.25, -0.2) is 9.79 Å². The zero-order chi connectivity index (χ0) is 30.3. The number of carbonyl (C=O) groups excluding carboxylic acids is 1. The minimum absolute atomic E-state index is 0.0805. The molecule has 1 aromatic heterocycles. The summed E-state index contributed by atoms with van der Waals surface area (Å²) in [5.74, 6) is 0.634. The smallest absolute Gasteiger partial charge is 0.338 e. The molecule has 0 bridgehead atoms. The number of methoxy groups -OCH3 is 1. The number of hydrogen-bond donors (Lipinski definition) is 0. The lowest BCUT2D eigenvalue weighted by molar-refractivity contribution is -0.140. The molecule has 0 N–H and O–H groups in total. The third-order valence-electron chi connectivity index (χ3n) is 6.75. The van der Waals surface area contributed by atoms with Gasteiger partial charge in [0.2, 0.25) is 0 Å². The SMILES string of the molecule is CCOc1cc(C=c2sc3n(c2=O)C(c2ccc(Cl)cc2)C(C(=O)OCCOC)=C(C)N=3)ccc1OCc1ccccc1. The molecule has 10 heteroatoms. The highest BCUT2D eigenvalue weighted by atomic mass is 35.5. The van der Waals surface area contributed by atoms with Crippen LogP contribution in [0.5, 0.6) is 11.5 Å². The van der Waals surface area contributed by atoms with Crippen LogP contribution in [-0.2, 0) is 20.9 Å². The topological polar surface area (TPSA) is 88.4 Å². The minimum atomic E-state index is -0.738. The highest BCUT2D eigenvalue weighted by Gasteiger charge is 2.33. The van der Waals surface area contributed by atoms with Crippen molar-refractivity contribution >= 4 is 35.0 Å². The van der Waals surface area contributed by atoms with Crippen molar-refractivity contribution in [3.05, 3.63) is 125 Å². The first-order valence-electron chi connectivity index (χ1n) is 13.8. The Morgan fingerprint density at radius 3 is 2.51 bits per heavy atom. The molecule has 8 nitrogen and oxygen atoms in total. The Morgan fingerprint density at radius 1 is 1.02 bits per heavy atom. The van der Waals surface area contributed by atoms with Crippen molar-refractivity contribution in [2.45, 2.75) is 26.5 Å². The van der Waals surface area contributed by atoms with Crippen molar-refractivity contribution in [1.29, 1.82) is 0 Å². The Kier molecular flexibility index (Phi) is 9.76. The molecule has 5 rings (SSSR count). The molecule has 1 unspecified atom stereocenters. The van der Waals surface area contributed by atoms with Gasteiger partial charge in [0.15, 0.2) is 16.3 Å². The normalized spacial score (nSPS) is 14.7. The van der Waals surface area contributed by atoms with Crippen LogP contribution in [0.2, 0.25) is 5.02 Å². The summed E-state index contributed by atoms with van der Waals surface area (Å²) in [5, 5.41) is 0.544. The average Bonchev–Trinajstić information content (AvgIpc) is 3.31. The lowest BCUT2D eigenvalue weighted by Crippen LogP contribution is -2.40. The first kappa shape index (κ1) is 30.3. The Balaban J connectivity index is 1.54. The molecule has 0 fully saturated rings. The molecule has 2 heterocycles. The quantitative estimate of drug-likeness (QED) is 0.173. The molecule has 0 saturated carbocycles. The standard InChI is InChI=1S/C33H31ClN2O6S/c1-4-40-27-18-23(10-15-26(27)42-20-22-8-6-5-7-9-22)19-28-31(37)36-30(24-11-13-25(34)14-12-24)29(21(2)35-33(36)43-28)32(38)41-17-16-39-3/h5-15,18-19,30H,4,16-17,20H2,1-3H3. The van der Waals surface area contributed by atoms with Gasteiger partial charge < -0.3 is 18.9 Å². The third kappa shape index (κ3) is 6.91. The molecule has 3 aromatic carbocycles. The predicted octanol–water partition coefficient (Wildman–Crippen LogP) is 5.06. The van der Waals surface area contributed by atoms with Crippen LogP contribution in [0.1, 0.15) is 36.6 Å². The number of aromatic nitrogens is 1. The van der Waals surface area contributed by atoms with Gasteiger partial charge in [0, 0.05) is 12.1 Å². The summed E-state index contributed by atoms with van der Waals surface area (Å²) in [4.78, 5) is 32.3. The number of hydrogen-bond acceptors (Lipinski definition) is 8. The molecule has 1 aliphatic rings. The van der Waals surface area contributed by atoms with E-state index >= 15 is 0 Å². The second-order valence-corrected chi connectivity index (χ2v) is 11.1. The Morgan fingerprint density at radius 2 is 1.79 bits per heavy atom. The fourth-order valence-corrected chi connectivity index (χ4v) is 5.90. The Bertz CT molecular complexity index is 1810. The maximum atomic E-state index is 13.9. The number of thiazole rings is 1. The van der Waals surface area contributed by atoms with Crippen molar-refractivity contribution in [3.8, 4) is 11.5 Å². The van der Waals surface area contributed by atoms with Gasteiger partial charge in [-0.15, -0.1) is 0 Å². The summed E-state index contributed by atoms with van der Waals surface area (Å²) in [6.07, 6.45) is 1.79. The fourth-order valence-electron chi connectivity index (χ4n) is 4.73. The predicted molar refractivity (Wildman–Crippen MR) is 166 cm³/mol. The maximum Gasteiger partial charge on any atom is 0.338 e. The van der Waals surface area contributed by atoms with E-state index in [0.29, 0.717) is 50.3 Å². The zero-order valence-electron chi connectivity index (χ0n) is 24.0. The van der Waals surface area contributed by atoms with Crippen LogP contribution < -0.4 is 24.4 Å². The van der Waals surface area contributed by atoms with Gasteiger partial charge >= 0.3 is 5.97 Å². The zero-order valence-corrected chi connectivity index (χ0v) is 25.6. The number of rotatable bonds is 11. The van der Waals surface area contributed by atoms with Crippen LogP contribution in [0.15, 0.2) is 93.9 Å². The van der Waals surface area contributed by atoms with E-state index in [-0.39, 0.29) is 24.3 Å². The number of halogens is 1. The van der Waals surface area contributed by atoms with Crippen LogP contribution in [-0.4, -0.2) is 37.5 Å². The molecule has 0 spiro atoms. The molecule has 222 valence electrons. The highest BCUT2D eigenvalue weighted by molar-refractivity contribution is 7.07. The first-order valence-corrected chi connectivity index (χ1v) is 15.0. The molecule has 1 atom stereocenters. The van der Waals surface area contributed by atoms with Gasteiger partial charge in [0.05, 0.1) is 35.1 Å². The van der Waals surface area contributed by atoms with E-state index in [1.165, 1.54) is 18.4 Å². The minimum Gasteiger partial charge on any atom is -0.490 e. The van der Waals surface area contributed by atoms with Gasteiger partial charge in [-0.2, -0.15) is 0 Å². The average molecular weight is 619 g/mol. The highest BCUT2D eigenvalue weighted by Crippen LogP contribution is 2.32. The monoisotopic (exact) mass is 618 g/mol. The van der Waals surface area contributed by atoms with Crippen molar-refractivity contribution in [2.24, 2.45) is 4.99 Å². The van der Waals surface area contributed by atoms with Crippen molar-refractivity contribution < 1.29 is 23.7 Å². The van der Waals surface area contributed by atoms with Gasteiger partial charge in [0.25, 0.3) is 5.56 Å². The van der Waals surface area contributed by atoms with E-state index in [4.69, 9.17) is 30.5 Å². The summed E-state index contributed by atoms with van der Waals surface area (Å²) in [6, 6.07) is 21.8. The summed E-state index contributed by atoms with van der Waals surface area (Å²) in [5.41, 5.74) is 3.01. The van der Waals surface area contributed by atoms with E-state index in [9.17, 15) is 9.59 Å². The Labute approximate surface area is 258 Å². The third-order valence-corrected chi connectivity index (χ3v) is 7.99. The van der Waals surface area contributed by atoms with Crippen LogP contribution in [0.25, 0.3) is 6.08 Å². The van der Waals surface area contributed by atoms with Crippen molar-refractivity contribution in [1.82, 2.24) is 4.57 Å². The number of nitrogens with zero attached hydrogens (tertiary/aromatic N) is 2. The van der Waals surface area contributed by atoms with Crippen LogP contribution in [0.4, 0.5) is 0 Å². The number of esters is 1. The number of benzene rings is 3. The van der Waals surface area contributed by atoms with Crippen LogP contribution in [0.3, 0.4) is 0 Å². The van der Waals surface area contributed by atoms with E-state index < -0.39 is 12.0 Å². The number of carbonyl (C=O) groups is 1. The number of allylic oxidation sites excluding steroid dienone is 1. The molecule has 43 heavy (non-hydrogen) atoms. The molecule has 0 aliphatic carbocycles. The maximum absolute atomic E-state index is 13.9. The Hall–Kier alpha value is -4.18. The molecule has 0 saturated heterocycles. The van der Waals surface area contributed by atoms with Gasteiger partial charge in [-0.05, 0) is 60.9 Å². The first-order chi connectivity index (χ1) is 20.9. The largest absolute Gasteiger partial charge is 0.490 e. The van der Waals surface area contributed by atoms with E-state index in [1.54, 1.807) is 41.8 Å². The van der Waals surface area contributed by atoms with E-state index in [2.05, 4.69) is 4.99 Å². The van der Waals surface area contributed by atoms with Gasteiger partial charge in [-0.3, -0.25) is 9.36 Å². The van der Waals surface area contributed by atoms with Crippen LogP contribution >= 0.6 is 22.9 Å². The lowest BCUT2D eigenvalue weighted by atomic mass is 9.96. The van der Waals surface area contributed by atoms with E-state index in [1.807, 2.05) is 55.5 Å². The molecule has 0 radical (unpaired) electrons. The fraction of sp³-hybridized carbons (Fsp3) is 0.242. The summed E-state index contributed by atoms with van der Waals surface area (Å²) in [6.45, 7) is 4.84. The molecule has 0 amide bonds.